The number of hydrogen-bond acceptors (Lipinski definition) is 3. The molecule has 0 saturated heterocycles. The summed E-state index contributed by atoms with van der Waals surface area (Å²) < 4.78 is 18.3. The second kappa shape index (κ2) is 6.33. The highest BCUT2D eigenvalue weighted by molar-refractivity contribution is 7.12. The van der Waals surface area contributed by atoms with E-state index in [9.17, 15) is 9.18 Å². The normalized spacial score (nSPS) is 10.2. The van der Waals surface area contributed by atoms with E-state index in [2.05, 4.69) is 5.32 Å². The van der Waals surface area contributed by atoms with E-state index in [1.54, 1.807) is 19.2 Å². The SMILES string of the molecule is COc1ccc(F)cc1CCNC(=O)c1cccs1. The first kappa shape index (κ1) is 13.5. The van der Waals surface area contributed by atoms with E-state index in [0.29, 0.717) is 23.6 Å². The molecule has 0 bridgehead atoms. The Morgan fingerprint density at radius 2 is 2.26 bits per heavy atom. The highest BCUT2D eigenvalue weighted by Crippen LogP contribution is 2.19. The summed E-state index contributed by atoms with van der Waals surface area (Å²) >= 11 is 1.39. The van der Waals surface area contributed by atoms with Gasteiger partial charge < -0.3 is 10.1 Å². The number of methoxy groups -OCH3 is 1. The fourth-order valence-corrected chi connectivity index (χ4v) is 2.39. The molecule has 1 aromatic heterocycles. The summed E-state index contributed by atoms with van der Waals surface area (Å²) in [6.07, 6.45) is 0.526. The van der Waals surface area contributed by atoms with Gasteiger partial charge in [0.2, 0.25) is 0 Å². The number of halogens is 1. The number of thiophene rings is 1. The number of nitrogens with one attached hydrogen (secondary N) is 1. The molecule has 0 saturated carbocycles. The number of rotatable bonds is 5. The van der Waals surface area contributed by atoms with E-state index >= 15 is 0 Å². The van der Waals surface area contributed by atoms with Crippen molar-refractivity contribution in [3.05, 3.63) is 52.0 Å². The lowest BCUT2D eigenvalue weighted by molar-refractivity contribution is 0.0958. The fourth-order valence-electron chi connectivity index (χ4n) is 1.75. The number of ether oxygens (including phenoxy) is 1. The standard InChI is InChI=1S/C14H14FNO2S/c1-18-12-5-4-11(15)9-10(12)6-7-16-14(17)13-3-2-8-19-13/h2-5,8-9H,6-7H2,1H3,(H,16,17). The van der Waals surface area contributed by atoms with Gasteiger partial charge in [0.05, 0.1) is 12.0 Å². The molecule has 100 valence electrons. The van der Waals surface area contributed by atoms with E-state index in [0.717, 1.165) is 5.56 Å². The zero-order valence-corrected chi connectivity index (χ0v) is 11.3. The summed E-state index contributed by atoms with van der Waals surface area (Å²) in [5.41, 5.74) is 0.744. The minimum atomic E-state index is -0.305. The van der Waals surface area contributed by atoms with Crippen molar-refractivity contribution in [2.75, 3.05) is 13.7 Å². The number of benzene rings is 1. The Morgan fingerprint density at radius 1 is 1.42 bits per heavy atom. The van der Waals surface area contributed by atoms with Gasteiger partial charge in [-0.2, -0.15) is 0 Å². The molecule has 1 N–H and O–H groups in total. The monoisotopic (exact) mass is 279 g/mol. The second-order valence-electron chi connectivity index (χ2n) is 3.94. The molecule has 2 rings (SSSR count). The summed E-state index contributed by atoms with van der Waals surface area (Å²) in [6.45, 7) is 0.441. The minimum absolute atomic E-state index is 0.106. The lowest BCUT2D eigenvalue weighted by atomic mass is 10.1. The van der Waals surface area contributed by atoms with Crippen molar-refractivity contribution in [1.29, 1.82) is 0 Å². The van der Waals surface area contributed by atoms with Crippen LogP contribution in [0.5, 0.6) is 5.75 Å². The van der Waals surface area contributed by atoms with Crippen LogP contribution in [0, 0.1) is 5.82 Å². The van der Waals surface area contributed by atoms with E-state index in [1.807, 2.05) is 11.4 Å². The molecule has 0 aliphatic rings. The maximum absolute atomic E-state index is 13.2. The largest absolute Gasteiger partial charge is 0.496 e. The van der Waals surface area contributed by atoms with E-state index in [-0.39, 0.29) is 11.7 Å². The molecule has 19 heavy (non-hydrogen) atoms. The molecule has 3 nitrogen and oxygen atoms in total. The zero-order chi connectivity index (χ0) is 13.7. The highest BCUT2D eigenvalue weighted by Gasteiger charge is 2.08. The van der Waals surface area contributed by atoms with Gasteiger partial charge in [0, 0.05) is 6.54 Å². The molecular formula is C14H14FNO2S. The highest BCUT2D eigenvalue weighted by atomic mass is 32.1. The van der Waals surface area contributed by atoms with Gasteiger partial charge in [-0.05, 0) is 41.6 Å². The van der Waals surface area contributed by atoms with Crippen LogP contribution in [0.1, 0.15) is 15.2 Å². The van der Waals surface area contributed by atoms with Crippen LogP contribution in [0.15, 0.2) is 35.7 Å². The average molecular weight is 279 g/mol. The summed E-state index contributed by atoms with van der Waals surface area (Å²) in [5, 5.41) is 4.65. The summed E-state index contributed by atoms with van der Waals surface area (Å²) in [6, 6.07) is 7.96. The first-order valence-corrected chi connectivity index (χ1v) is 6.73. The van der Waals surface area contributed by atoms with Gasteiger partial charge in [-0.15, -0.1) is 11.3 Å². The minimum Gasteiger partial charge on any atom is -0.496 e. The summed E-state index contributed by atoms with van der Waals surface area (Å²) in [4.78, 5) is 12.4. The Kier molecular flexibility index (Phi) is 4.52. The van der Waals surface area contributed by atoms with E-state index in [1.165, 1.54) is 23.5 Å². The quantitative estimate of drug-likeness (QED) is 0.914. The van der Waals surface area contributed by atoms with Crippen LogP contribution in [0.25, 0.3) is 0 Å². The Labute approximate surface area is 115 Å². The third-order valence-electron chi connectivity index (χ3n) is 2.67. The number of carbonyl (C=O) groups excluding carboxylic acids is 1. The fraction of sp³-hybridized carbons (Fsp3) is 0.214. The van der Waals surface area contributed by atoms with Crippen molar-refractivity contribution < 1.29 is 13.9 Å². The van der Waals surface area contributed by atoms with Crippen molar-refractivity contribution in [1.82, 2.24) is 5.32 Å². The van der Waals surface area contributed by atoms with Crippen LogP contribution >= 0.6 is 11.3 Å². The van der Waals surface area contributed by atoms with Crippen LogP contribution in [-0.4, -0.2) is 19.6 Å². The Morgan fingerprint density at radius 3 is 2.95 bits per heavy atom. The number of hydrogen-bond donors (Lipinski definition) is 1. The van der Waals surface area contributed by atoms with Gasteiger partial charge in [0.1, 0.15) is 11.6 Å². The van der Waals surface area contributed by atoms with Gasteiger partial charge in [-0.3, -0.25) is 4.79 Å². The first-order chi connectivity index (χ1) is 9.20. The maximum Gasteiger partial charge on any atom is 0.261 e. The molecule has 2 aromatic rings. The molecule has 0 atom stereocenters. The molecule has 5 heteroatoms. The van der Waals surface area contributed by atoms with E-state index < -0.39 is 0 Å². The Balaban J connectivity index is 1.92. The third kappa shape index (κ3) is 3.54. The topological polar surface area (TPSA) is 38.3 Å². The van der Waals surface area contributed by atoms with Crippen LogP contribution < -0.4 is 10.1 Å². The number of amides is 1. The van der Waals surface area contributed by atoms with Crippen molar-refractivity contribution >= 4 is 17.2 Å². The summed E-state index contributed by atoms with van der Waals surface area (Å²) in [7, 11) is 1.54. The van der Waals surface area contributed by atoms with E-state index in [4.69, 9.17) is 4.74 Å². The van der Waals surface area contributed by atoms with Crippen LogP contribution in [0.3, 0.4) is 0 Å². The molecule has 0 unspecified atom stereocenters. The molecule has 0 radical (unpaired) electrons. The van der Waals surface area contributed by atoms with Gasteiger partial charge >= 0.3 is 0 Å². The van der Waals surface area contributed by atoms with Crippen molar-refractivity contribution in [3.63, 3.8) is 0 Å². The van der Waals surface area contributed by atoms with Crippen LogP contribution in [0.2, 0.25) is 0 Å². The zero-order valence-electron chi connectivity index (χ0n) is 10.5. The Bertz CT molecular complexity index is 555. The van der Waals surface area contributed by atoms with Gasteiger partial charge in [-0.25, -0.2) is 4.39 Å². The van der Waals surface area contributed by atoms with Gasteiger partial charge in [0.15, 0.2) is 0 Å². The Hall–Kier alpha value is -1.88. The smallest absolute Gasteiger partial charge is 0.261 e. The van der Waals surface area contributed by atoms with Crippen molar-refractivity contribution in [2.24, 2.45) is 0 Å². The molecule has 1 heterocycles. The lowest BCUT2D eigenvalue weighted by Crippen LogP contribution is -2.24. The van der Waals surface area contributed by atoms with Gasteiger partial charge in [-0.1, -0.05) is 6.07 Å². The molecule has 1 amide bonds. The molecule has 0 aliphatic heterocycles. The molecular weight excluding hydrogens is 265 g/mol. The molecule has 0 spiro atoms. The van der Waals surface area contributed by atoms with Crippen molar-refractivity contribution in [2.45, 2.75) is 6.42 Å². The van der Waals surface area contributed by atoms with Crippen LogP contribution in [-0.2, 0) is 6.42 Å². The first-order valence-electron chi connectivity index (χ1n) is 5.85. The number of carbonyl (C=O) groups is 1. The lowest BCUT2D eigenvalue weighted by Gasteiger charge is -2.09. The maximum atomic E-state index is 13.2. The second-order valence-corrected chi connectivity index (χ2v) is 4.89. The average Bonchev–Trinajstić information content (AvgIpc) is 2.93. The van der Waals surface area contributed by atoms with Gasteiger partial charge in [0.25, 0.3) is 5.91 Å². The molecule has 0 aliphatic carbocycles. The molecule has 0 fully saturated rings. The van der Waals surface area contributed by atoms with Crippen molar-refractivity contribution in [3.8, 4) is 5.75 Å². The predicted octanol–water partition coefficient (Wildman–Crippen LogP) is 2.87. The van der Waals surface area contributed by atoms with Crippen LogP contribution in [0.4, 0.5) is 4.39 Å². The summed E-state index contributed by atoms with van der Waals surface area (Å²) in [5.74, 6) is 0.220. The predicted molar refractivity (Wildman–Crippen MR) is 73.3 cm³/mol. The third-order valence-corrected chi connectivity index (χ3v) is 3.54. The molecule has 1 aromatic carbocycles.